The third kappa shape index (κ3) is 6.28. The van der Waals surface area contributed by atoms with Crippen molar-refractivity contribution in [1.82, 2.24) is 9.21 Å². The predicted molar refractivity (Wildman–Crippen MR) is 123 cm³/mol. The molecule has 0 spiro atoms. The van der Waals surface area contributed by atoms with Crippen molar-refractivity contribution in [2.75, 3.05) is 18.8 Å². The normalized spacial score (nSPS) is 28.7. The molecule has 2 aliphatic heterocycles. The first kappa shape index (κ1) is 26.3. The lowest BCUT2D eigenvalue weighted by atomic mass is 10.0. The minimum atomic E-state index is -3.71. The van der Waals surface area contributed by atoms with Gasteiger partial charge >= 0.3 is 5.97 Å². The quantitative estimate of drug-likeness (QED) is 0.442. The average Bonchev–Trinajstić information content (AvgIpc) is 2.78. The smallest absolute Gasteiger partial charge is 0.337 e. The highest BCUT2D eigenvalue weighted by atomic mass is 32.2. The highest BCUT2D eigenvalue weighted by molar-refractivity contribution is 7.89. The van der Waals surface area contributed by atoms with Crippen LogP contribution in [0, 0.1) is 17.2 Å². The topological polar surface area (TPSA) is 128 Å². The molecule has 10 heteroatoms. The molecule has 0 radical (unpaired) electrons. The van der Waals surface area contributed by atoms with Crippen molar-refractivity contribution in [3.63, 3.8) is 0 Å². The second-order valence-corrected chi connectivity index (χ2v) is 9.76. The number of sulfonamides is 1. The third-order valence-corrected chi connectivity index (χ3v) is 6.87. The number of nitrogens with zero attached hydrogens (tertiary/aromatic N) is 3. The fourth-order valence-corrected chi connectivity index (χ4v) is 5.06. The zero-order valence-corrected chi connectivity index (χ0v) is 19.8. The summed E-state index contributed by atoms with van der Waals surface area (Å²) in [5, 5.41) is 19.1. The van der Waals surface area contributed by atoms with E-state index in [0.29, 0.717) is 0 Å². The largest absolute Gasteiger partial charge is 0.478 e. The summed E-state index contributed by atoms with van der Waals surface area (Å²) in [5.74, 6) is -2.97. The summed E-state index contributed by atoms with van der Waals surface area (Å²) in [6, 6.07) is 1.96. The van der Waals surface area contributed by atoms with Crippen molar-refractivity contribution < 1.29 is 27.9 Å². The number of hydrogen-bond acceptors (Lipinski definition) is 6. The van der Waals surface area contributed by atoms with E-state index >= 15 is 0 Å². The number of amides is 1. The van der Waals surface area contributed by atoms with E-state index in [-0.39, 0.29) is 42.1 Å². The number of carboxylic acid groups (broad SMARTS) is 1. The molecule has 0 saturated carbocycles. The van der Waals surface area contributed by atoms with Crippen molar-refractivity contribution in [2.24, 2.45) is 5.92 Å². The van der Waals surface area contributed by atoms with Gasteiger partial charge in [-0.15, -0.1) is 0 Å². The zero-order chi connectivity index (χ0) is 24.8. The molecule has 2 bridgehead atoms. The number of aliphatic carboxylic acids is 1. The van der Waals surface area contributed by atoms with E-state index in [1.165, 1.54) is 40.4 Å². The minimum absolute atomic E-state index is 0.0338. The van der Waals surface area contributed by atoms with Crippen molar-refractivity contribution in [3.8, 4) is 6.07 Å². The standard InChI is InChI=1S/C23H29N3O6S/c1-5-7-8-9-18-10-11-33(30,31)25-14-17(4)32-21(15-25)26(22(18)27)20(6-2)19(23(28)29)12-16(3)13-24/h5-8,10,12,16-17,21H,1,9,11,14-15H2,2-4H3,(H,28,29)/b8-7-,18-10+,19-12+,20-6+. The molecule has 1 saturated heterocycles. The van der Waals surface area contributed by atoms with Crippen molar-refractivity contribution in [1.29, 1.82) is 5.26 Å². The number of carboxylic acids is 1. The van der Waals surface area contributed by atoms with E-state index in [2.05, 4.69) is 6.58 Å². The molecule has 4 unspecified atom stereocenters. The number of fused-ring (bicyclic) bond motifs is 2. The Morgan fingerprint density at radius 1 is 1.45 bits per heavy atom. The molecular weight excluding hydrogens is 446 g/mol. The minimum Gasteiger partial charge on any atom is -0.478 e. The molecule has 1 fully saturated rings. The van der Waals surface area contributed by atoms with Crippen molar-refractivity contribution in [3.05, 3.63) is 59.9 Å². The molecule has 0 aromatic heterocycles. The van der Waals surface area contributed by atoms with Crippen LogP contribution in [0.1, 0.15) is 27.2 Å². The van der Waals surface area contributed by atoms with Gasteiger partial charge in [-0.25, -0.2) is 13.2 Å². The molecule has 2 rings (SSSR count). The van der Waals surface area contributed by atoms with Gasteiger partial charge in [0.05, 0.1) is 41.7 Å². The number of carbonyl (C=O) groups excluding carboxylic acids is 1. The number of allylic oxidation sites excluding steroid dienone is 5. The summed E-state index contributed by atoms with van der Waals surface area (Å²) in [7, 11) is -3.71. The SMILES string of the molecule is C=C/C=C\C/C1=C\CS(=O)(=O)N2CC(C)OC(C2)N(C(=C/C)/C(=C\C(C)C#N)C(=O)O)C1=O. The fourth-order valence-electron chi connectivity index (χ4n) is 3.65. The van der Waals surface area contributed by atoms with Crippen LogP contribution in [-0.2, 0) is 24.3 Å². The van der Waals surface area contributed by atoms with Gasteiger partial charge in [-0.05, 0) is 27.2 Å². The maximum absolute atomic E-state index is 13.7. The summed E-state index contributed by atoms with van der Waals surface area (Å²) in [5.41, 5.74) is -0.0259. The number of morpholine rings is 1. The van der Waals surface area contributed by atoms with Gasteiger partial charge in [0.15, 0.2) is 6.23 Å². The van der Waals surface area contributed by atoms with Gasteiger partial charge in [0.2, 0.25) is 10.0 Å². The van der Waals surface area contributed by atoms with Gasteiger partial charge < -0.3 is 9.84 Å². The Morgan fingerprint density at radius 3 is 2.73 bits per heavy atom. The van der Waals surface area contributed by atoms with Crippen LogP contribution in [0.4, 0.5) is 0 Å². The zero-order valence-electron chi connectivity index (χ0n) is 19.0. The van der Waals surface area contributed by atoms with Crippen molar-refractivity contribution in [2.45, 2.75) is 39.5 Å². The lowest BCUT2D eigenvalue weighted by molar-refractivity contribution is -0.152. The number of rotatable bonds is 7. The van der Waals surface area contributed by atoms with E-state index in [9.17, 15) is 28.4 Å². The first-order valence-corrected chi connectivity index (χ1v) is 12.1. The Hall–Kier alpha value is -3.00. The van der Waals surface area contributed by atoms with Gasteiger partial charge in [0.1, 0.15) is 0 Å². The van der Waals surface area contributed by atoms with Crippen molar-refractivity contribution >= 4 is 21.9 Å². The molecule has 1 N–H and O–H groups in total. The van der Waals surface area contributed by atoms with Crippen LogP contribution in [0.3, 0.4) is 0 Å². The molecule has 0 aromatic rings. The monoisotopic (exact) mass is 475 g/mol. The number of hydrogen-bond donors (Lipinski definition) is 1. The summed E-state index contributed by atoms with van der Waals surface area (Å²) in [6.45, 7) is 8.38. The lowest BCUT2D eigenvalue weighted by Gasteiger charge is -2.41. The highest BCUT2D eigenvalue weighted by Gasteiger charge is 2.41. The predicted octanol–water partition coefficient (Wildman–Crippen LogP) is 2.34. The van der Waals surface area contributed by atoms with Gasteiger partial charge in [0.25, 0.3) is 5.91 Å². The number of carbonyl (C=O) groups is 2. The summed E-state index contributed by atoms with van der Waals surface area (Å²) in [6.07, 6.45) is 7.46. The van der Waals surface area contributed by atoms with Crippen LogP contribution >= 0.6 is 0 Å². The Morgan fingerprint density at radius 2 is 2.15 bits per heavy atom. The Kier molecular flexibility index (Phi) is 8.93. The fraction of sp³-hybridized carbons (Fsp3) is 0.435. The van der Waals surface area contributed by atoms with Crippen LogP contribution < -0.4 is 0 Å². The Bertz CT molecular complexity index is 1060. The Labute approximate surface area is 194 Å². The molecule has 178 valence electrons. The van der Waals surface area contributed by atoms with Crippen LogP contribution in [0.15, 0.2) is 59.9 Å². The number of nitriles is 1. The third-order valence-electron chi connectivity index (χ3n) is 5.19. The molecule has 9 nitrogen and oxygen atoms in total. The van der Waals surface area contributed by atoms with Crippen LogP contribution in [0.5, 0.6) is 0 Å². The molecule has 1 amide bonds. The molecule has 33 heavy (non-hydrogen) atoms. The number of ether oxygens (including phenoxy) is 1. The first-order chi connectivity index (χ1) is 15.5. The molecule has 2 heterocycles. The van der Waals surface area contributed by atoms with E-state index in [0.717, 1.165) is 0 Å². The second-order valence-electron chi connectivity index (χ2n) is 7.75. The maximum atomic E-state index is 13.7. The average molecular weight is 476 g/mol. The van der Waals surface area contributed by atoms with Gasteiger partial charge in [0, 0.05) is 12.1 Å². The van der Waals surface area contributed by atoms with Gasteiger partial charge in [-0.3, -0.25) is 9.69 Å². The molecule has 2 aliphatic rings. The first-order valence-electron chi connectivity index (χ1n) is 10.5. The summed E-state index contributed by atoms with van der Waals surface area (Å²) in [4.78, 5) is 27.0. The van der Waals surface area contributed by atoms with Crippen LogP contribution in [0.2, 0.25) is 0 Å². The second kappa shape index (κ2) is 11.2. The maximum Gasteiger partial charge on any atom is 0.337 e. The van der Waals surface area contributed by atoms with Gasteiger partial charge in [-0.2, -0.15) is 9.57 Å². The summed E-state index contributed by atoms with van der Waals surface area (Å²) >= 11 is 0. The van der Waals surface area contributed by atoms with Crippen LogP contribution in [0.25, 0.3) is 0 Å². The molecule has 0 aliphatic carbocycles. The van der Waals surface area contributed by atoms with Crippen LogP contribution in [-0.4, -0.2) is 65.8 Å². The molecule has 0 aromatic carbocycles. The van der Waals surface area contributed by atoms with Gasteiger partial charge in [-0.1, -0.05) is 43.0 Å². The van der Waals surface area contributed by atoms with E-state index in [1.807, 2.05) is 6.07 Å². The Balaban J connectivity index is 2.71. The van der Waals surface area contributed by atoms with E-state index in [1.54, 1.807) is 26.0 Å². The lowest BCUT2D eigenvalue weighted by Crippen LogP contribution is -2.56. The molecular formula is C23H29N3O6S. The van der Waals surface area contributed by atoms with E-state index < -0.39 is 40.1 Å². The van der Waals surface area contributed by atoms with E-state index in [4.69, 9.17) is 4.74 Å². The highest BCUT2D eigenvalue weighted by Crippen LogP contribution is 2.29. The molecule has 4 atom stereocenters. The summed E-state index contributed by atoms with van der Waals surface area (Å²) < 4.78 is 33.1.